The van der Waals surface area contributed by atoms with E-state index in [2.05, 4.69) is 6.58 Å². The minimum absolute atomic E-state index is 0.0564. The van der Waals surface area contributed by atoms with Crippen LogP contribution >= 0.6 is 0 Å². The molecule has 0 amide bonds. The summed E-state index contributed by atoms with van der Waals surface area (Å²) < 4.78 is 47.1. The first-order valence-corrected chi connectivity index (χ1v) is 3.27. The molecule has 0 bridgehead atoms. The maximum atomic E-state index is 12.1. The van der Waals surface area contributed by atoms with E-state index in [1.807, 2.05) is 0 Å². The Morgan fingerprint density at radius 1 is 1.36 bits per heavy atom. The number of alkyl halides is 4. The monoisotopic (exact) mass is 170 g/mol. The van der Waals surface area contributed by atoms with Gasteiger partial charge in [0.15, 0.2) is 0 Å². The van der Waals surface area contributed by atoms with Gasteiger partial charge in [0.2, 0.25) is 0 Å². The average molecular weight is 170 g/mol. The zero-order valence-electron chi connectivity index (χ0n) is 5.99. The molecule has 4 heteroatoms. The molecule has 0 aliphatic rings. The topological polar surface area (TPSA) is 0 Å². The summed E-state index contributed by atoms with van der Waals surface area (Å²) in [6, 6.07) is 0. The molecule has 0 aromatic heterocycles. The molecule has 66 valence electrons. The van der Waals surface area contributed by atoms with Crippen molar-refractivity contribution < 1.29 is 17.6 Å². The lowest BCUT2D eigenvalue weighted by atomic mass is 10.1. The summed E-state index contributed by atoms with van der Waals surface area (Å²) >= 11 is 0. The number of hydrogen-bond acceptors (Lipinski definition) is 0. The molecule has 0 nitrogen and oxygen atoms in total. The van der Waals surface area contributed by atoms with Crippen molar-refractivity contribution in [2.75, 3.05) is 0 Å². The summed E-state index contributed by atoms with van der Waals surface area (Å²) in [6.07, 6.45) is -2.48. The Kier molecular flexibility index (Phi) is 4.15. The smallest absolute Gasteiger partial charge is 0.204 e. The van der Waals surface area contributed by atoms with Crippen molar-refractivity contribution in [1.82, 2.24) is 0 Å². The molecule has 0 saturated carbocycles. The molecule has 0 rings (SSSR count). The Morgan fingerprint density at radius 3 is 2.27 bits per heavy atom. The highest BCUT2D eigenvalue weighted by molar-refractivity contribution is 4.72. The van der Waals surface area contributed by atoms with Crippen LogP contribution in [-0.2, 0) is 0 Å². The lowest BCUT2D eigenvalue weighted by Gasteiger charge is -2.13. The molecule has 11 heavy (non-hydrogen) atoms. The minimum atomic E-state index is -3.83. The lowest BCUT2D eigenvalue weighted by Crippen LogP contribution is -2.25. The van der Waals surface area contributed by atoms with Gasteiger partial charge in [-0.1, -0.05) is 6.08 Å². The summed E-state index contributed by atoms with van der Waals surface area (Å²) in [5.74, 6) is -3.83. The number of allylic oxidation sites excluding steroid dienone is 1. The van der Waals surface area contributed by atoms with Crippen molar-refractivity contribution in [3.8, 4) is 0 Å². The molecule has 0 saturated heterocycles. The van der Waals surface area contributed by atoms with Crippen LogP contribution in [0.1, 0.15) is 19.3 Å². The largest absolute Gasteiger partial charge is 0.307 e. The van der Waals surface area contributed by atoms with E-state index in [0.29, 0.717) is 6.42 Å². The molecule has 0 N–H and O–H groups in total. The normalized spacial score (nSPS) is 12.1. The van der Waals surface area contributed by atoms with Crippen LogP contribution in [0.15, 0.2) is 12.7 Å². The molecule has 0 aliphatic carbocycles. The van der Waals surface area contributed by atoms with E-state index in [1.54, 1.807) is 0 Å². The quantitative estimate of drug-likeness (QED) is 0.337. The number of rotatable bonds is 5. The fraction of sp³-hybridized carbons (Fsp3) is 0.714. The van der Waals surface area contributed by atoms with Gasteiger partial charge >= 0.3 is 12.3 Å². The van der Waals surface area contributed by atoms with Crippen molar-refractivity contribution in [3.05, 3.63) is 12.7 Å². The van der Waals surface area contributed by atoms with Crippen molar-refractivity contribution >= 4 is 0 Å². The summed E-state index contributed by atoms with van der Waals surface area (Å²) in [6.45, 7) is 3.29. The highest BCUT2D eigenvalue weighted by atomic mass is 19.3. The first kappa shape index (κ1) is 10.5. The molecule has 0 aromatic carbocycles. The predicted molar refractivity (Wildman–Crippen MR) is 35.0 cm³/mol. The van der Waals surface area contributed by atoms with Gasteiger partial charge in [-0.05, 0) is 12.8 Å². The number of halogens is 4. The van der Waals surface area contributed by atoms with Crippen LogP contribution in [0.2, 0.25) is 0 Å². The van der Waals surface area contributed by atoms with Crippen LogP contribution in [0.4, 0.5) is 17.6 Å². The predicted octanol–water partition coefficient (Wildman–Crippen LogP) is 3.24. The van der Waals surface area contributed by atoms with Crippen LogP contribution in [0, 0.1) is 0 Å². The van der Waals surface area contributed by atoms with E-state index in [-0.39, 0.29) is 6.42 Å². The Morgan fingerprint density at radius 2 is 1.91 bits per heavy atom. The first-order valence-electron chi connectivity index (χ1n) is 3.27. The molecule has 0 atom stereocenters. The Hall–Kier alpha value is -0.540. The second kappa shape index (κ2) is 4.36. The van der Waals surface area contributed by atoms with Crippen LogP contribution in [0.25, 0.3) is 0 Å². The minimum Gasteiger partial charge on any atom is -0.204 e. The maximum Gasteiger partial charge on any atom is 0.307 e. The fourth-order valence-electron chi connectivity index (χ4n) is 0.591. The van der Waals surface area contributed by atoms with Crippen molar-refractivity contribution in [2.24, 2.45) is 0 Å². The van der Waals surface area contributed by atoms with Gasteiger partial charge in [0.1, 0.15) is 0 Å². The highest BCUT2D eigenvalue weighted by Gasteiger charge is 2.39. The lowest BCUT2D eigenvalue weighted by molar-refractivity contribution is -0.133. The van der Waals surface area contributed by atoms with Gasteiger partial charge < -0.3 is 0 Å². The van der Waals surface area contributed by atoms with Gasteiger partial charge in [0.05, 0.1) is 0 Å². The van der Waals surface area contributed by atoms with Crippen molar-refractivity contribution in [3.63, 3.8) is 0 Å². The third-order valence-corrected chi connectivity index (χ3v) is 1.24. The van der Waals surface area contributed by atoms with E-state index in [9.17, 15) is 17.6 Å². The fourth-order valence-corrected chi connectivity index (χ4v) is 0.591. The second-order valence-electron chi connectivity index (χ2n) is 2.24. The Bertz CT molecular complexity index is 120. The SMILES string of the molecule is C=CCCCC(F)(F)C(F)F. The molecular weight excluding hydrogens is 160 g/mol. The standard InChI is InChI=1S/C7H10F4/c1-2-3-4-5-7(10,11)6(8)9/h2,6H,1,3-5H2. The third-order valence-electron chi connectivity index (χ3n) is 1.24. The first-order chi connectivity index (χ1) is 5.00. The molecule has 0 unspecified atom stereocenters. The van der Waals surface area contributed by atoms with Gasteiger partial charge in [-0.15, -0.1) is 6.58 Å². The van der Waals surface area contributed by atoms with E-state index in [1.165, 1.54) is 6.08 Å². The summed E-state index contributed by atoms with van der Waals surface area (Å²) in [5, 5.41) is 0. The third kappa shape index (κ3) is 4.01. The molecule has 0 aliphatic heterocycles. The molecule has 0 heterocycles. The second-order valence-corrected chi connectivity index (χ2v) is 2.24. The molecule has 0 radical (unpaired) electrons. The van der Waals surface area contributed by atoms with Gasteiger partial charge in [-0.3, -0.25) is 0 Å². The van der Waals surface area contributed by atoms with Gasteiger partial charge in [0.25, 0.3) is 0 Å². The van der Waals surface area contributed by atoms with E-state index >= 15 is 0 Å². The van der Waals surface area contributed by atoms with Crippen molar-refractivity contribution in [1.29, 1.82) is 0 Å². The summed E-state index contributed by atoms with van der Waals surface area (Å²) in [5.41, 5.74) is 0. The van der Waals surface area contributed by atoms with Crippen LogP contribution < -0.4 is 0 Å². The molecular formula is C7H10F4. The van der Waals surface area contributed by atoms with Crippen molar-refractivity contribution in [2.45, 2.75) is 31.6 Å². The van der Waals surface area contributed by atoms with Crippen LogP contribution in [0.3, 0.4) is 0 Å². The van der Waals surface area contributed by atoms with E-state index < -0.39 is 18.8 Å². The zero-order chi connectivity index (χ0) is 8.91. The number of unbranched alkanes of at least 4 members (excludes halogenated alkanes) is 1. The van der Waals surface area contributed by atoms with Crippen LogP contribution in [-0.4, -0.2) is 12.3 Å². The maximum absolute atomic E-state index is 12.1. The Balaban J connectivity index is 3.63. The van der Waals surface area contributed by atoms with E-state index in [4.69, 9.17) is 0 Å². The molecule has 0 aromatic rings. The average Bonchev–Trinajstić information content (AvgIpc) is 1.88. The summed E-state index contributed by atoms with van der Waals surface area (Å²) in [7, 11) is 0. The van der Waals surface area contributed by atoms with Crippen LogP contribution in [0.5, 0.6) is 0 Å². The van der Waals surface area contributed by atoms with Gasteiger partial charge in [-0.2, -0.15) is 0 Å². The Labute approximate surface area is 62.9 Å². The zero-order valence-corrected chi connectivity index (χ0v) is 5.99. The van der Waals surface area contributed by atoms with Gasteiger partial charge in [-0.25, -0.2) is 17.6 Å². The molecule has 0 spiro atoms. The summed E-state index contributed by atoms with van der Waals surface area (Å²) in [4.78, 5) is 0. The van der Waals surface area contributed by atoms with Gasteiger partial charge in [0, 0.05) is 6.42 Å². The van der Waals surface area contributed by atoms with E-state index in [0.717, 1.165) is 0 Å². The highest BCUT2D eigenvalue weighted by Crippen LogP contribution is 2.28. The molecule has 0 fully saturated rings. The number of hydrogen-bond donors (Lipinski definition) is 0.